The predicted molar refractivity (Wildman–Crippen MR) is 88.8 cm³/mol. The van der Waals surface area contributed by atoms with E-state index in [1.807, 2.05) is 12.1 Å². The normalized spacial score (nSPS) is 11.1. The lowest BCUT2D eigenvalue weighted by Crippen LogP contribution is -2.27. The lowest BCUT2D eigenvalue weighted by atomic mass is 10.1. The zero-order valence-corrected chi connectivity index (χ0v) is 13.9. The molecule has 0 saturated carbocycles. The van der Waals surface area contributed by atoms with Gasteiger partial charge in [-0.15, -0.1) is 0 Å². The van der Waals surface area contributed by atoms with Crippen molar-refractivity contribution in [2.24, 2.45) is 5.92 Å². The molecule has 0 aliphatic rings. The number of amides is 1. The van der Waals surface area contributed by atoms with E-state index < -0.39 is 11.7 Å². The van der Waals surface area contributed by atoms with Gasteiger partial charge in [-0.2, -0.15) is 0 Å². The van der Waals surface area contributed by atoms with Crippen molar-refractivity contribution in [3.63, 3.8) is 0 Å². The van der Waals surface area contributed by atoms with Crippen LogP contribution in [0.15, 0.2) is 42.7 Å². The molecule has 0 aliphatic heterocycles. The average Bonchev–Trinajstić information content (AvgIpc) is 2.56. The van der Waals surface area contributed by atoms with Crippen LogP contribution < -0.4 is 5.48 Å². The third kappa shape index (κ3) is 5.11. The molecule has 1 aromatic carbocycles. The van der Waals surface area contributed by atoms with Gasteiger partial charge in [0.05, 0.1) is 0 Å². The number of hydroxylamine groups is 1. The Morgan fingerprint density at radius 3 is 2.71 bits per heavy atom. The second kappa shape index (κ2) is 8.52. The van der Waals surface area contributed by atoms with Gasteiger partial charge in [0.15, 0.2) is 0 Å². The number of aromatic nitrogens is 1. The molecule has 0 radical (unpaired) electrons. The monoisotopic (exact) mass is 331 g/mol. The summed E-state index contributed by atoms with van der Waals surface area (Å²) in [6.45, 7) is 6.14. The number of carbonyl (C=O) groups excluding carboxylic acids is 1. The van der Waals surface area contributed by atoms with E-state index in [4.69, 9.17) is 5.21 Å². The van der Waals surface area contributed by atoms with Crippen molar-refractivity contribution in [2.75, 3.05) is 6.54 Å². The summed E-state index contributed by atoms with van der Waals surface area (Å²) in [6.07, 6.45) is 3.53. The molecule has 128 valence electrons. The van der Waals surface area contributed by atoms with Crippen LogP contribution in [0.5, 0.6) is 0 Å². The van der Waals surface area contributed by atoms with Crippen molar-refractivity contribution in [2.45, 2.75) is 26.9 Å². The molecule has 0 unspecified atom stereocenters. The number of halogens is 1. The van der Waals surface area contributed by atoms with Gasteiger partial charge in [-0.3, -0.25) is 19.9 Å². The van der Waals surface area contributed by atoms with Gasteiger partial charge in [-0.05, 0) is 29.7 Å². The van der Waals surface area contributed by atoms with E-state index in [0.29, 0.717) is 24.6 Å². The minimum absolute atomic E-state index is 0.0846. The van der Waals surface area contributed by atoms with Gasteiger partial charge in [0, 0.05) is 43.2 Å². The molecule has 5 nitrogen and oxygen atoms in total. The third-order valence-electron chi connectivity index (χ3n) is 3.56. The number of hydrogen-bond donors (Lipinski definition) is 2. The highest BCUT2D eigenvalue weighted by Crippen LogP contribution is 2.16. The predicted octanol–water partition coefficient (Wildman–Crippen LogP) is 3.00. The quantitative estimate of drug-likeness (QED) is 0.605. The topological polar surface area (TPSA) is 65.5 Å². The fourth-order valence-electron chi connectivity index (χ4n) is 2.57. The van der Waals surface area contributed by atoms with Crippen LogP contribution in [-0.2, 0) is 13.1 Å². The first-order valence-electron chi connectivity index (χ1n) is 7.83. The molecular formula is C18H22FN3O2. The van der Waals surface area contributed by atoms with Crippen molar-refractivity contribution in [1.29, 1.82) is 0 Å². The Balaban J connectivity index is 2.15. The minimum Gasteiger partial charge on any atom is -0.294 e. The Bertz CT molecular complexity index is 677. The van der Waals surface area contributed by atoms with Crippen molar-refractivity contribution < 1.29 is 14.4 Å². The fourth-order valence-corrected chi connectivity index (χ4v) is 2.57. The molecule has 1 aromatic heterocycles. The summed E-state index contributed by atoms with van der Waals surface area (Å²) in [6, 6.07) is 8.09. The number of benzene rings is 1. The van der Waals surface area contributed by atoms with Gasteiger partial charge in [0.25, 0.3) is 5.91 Å². The van der Waals surface area contributed by atoms with Crippen LogP contribution in [0.25, 0.3) is 0 Å². The summed E-state index contributed by atoms with van der Waals surface area (Å²) in [4.78, 5) is 17.6. The lowest BCUT2D eigenvalue weighted by molar-refractivity contribution is 0.0706. The minimum atomic E-state index is -0.727. The second-order valence-electron chi connectivity index (χ2n) is 6.17. The summed E-state index contributed by atoms with van der Waals surface area (Å²) in [7, 11) is 0. The number of rotatable bonds is 7. The van der Waals surface area contributed by atoms with Crippen LogP contribution in [0.3, 0.4) is 0 Å². The van der Waals surface area contributed by atoms with Crippen LogP contribution in [-0.4, -0.2) is 27.5 Å². The Morgan fingerprint density at radius 2 is 2.12 bits per heavy atom. The van der Waals surface area contributed by atoms with Crippen molar-refractivity contribution in [3.8, 4) is 0 Å². The fraction of sp³-hybridized carbons (Fsp3) is 0.333. The molecule has 2 rings (SSSR count). The first kappa shape index (κ1) is 18.0. The number of nitrogens with one attached hydrogen (secondary N) is 1. The lowest BCUT2D eigenvalue weighted by Gasteiger charge is -2.24. The van der Waals surface area contributed by atoms with Crippen LogP contribution in [0.4, 0.5) is 4.39 Å². The Kier molecular flexibility index (Phi) is 6.40. The van der Waals surface area contributed by atoms with Gasteiger partial charge in [-0.25, -0.2) is 9.87 Å². The van der Waals surface area contributed by atoms with Gasteiger partial charge in [0.2, 0.25) is 0 Å². The van der Waals surface area contributed by atoms with Crippen LogP contribution in [0.2, 0.25) is 0 Å². The van der Waals surface area contributed by atoms with Gasteiger partial charge >= 0.3 is 0 Å². The summed E-state index contributed by atoms with van der Waals surface area (Å²) in [5.74, 6) is -0.755. The Morgan fingerprint density at radius 1 is 1.33 bits per heavy atom. The van der Waals surface area contributed by atoms with E-state index >= 15 is 0 Å². The first-order valence-corrected chi connectivity index (χ1v) is 7.83. The highest BCUT2D eigenvalue weighted by molar-refractivity contribution is 5.93. The molecule has 0 spiro atoms. The molecule has 2 N–H and O–H groups in total. The molecule has 0 saturated heterocycles. The zero-order valence-electron chi connectivity index (χ0n) is 13.9. The van der Waals surface area contributed by atoms with Crippen LogP contribution >= 0.6 is 0 Å². The van der Waals surface area contributed by atoms with E-state index in [2.05, 4.69) is 23.7 Å². The molecule has 0 fully saturated rings. The van der Waals surface area contributed by atoms with Crippen molar-refractivity contribution >= 4 is 5.91 Å². The summed E-state index contributed by atoms with van der Waals surface area (Å²) >= 11 is 0. The molecule has 0 aliphatic carbocycles. The molecule has 2 aromatic rings. The highest BCUT2D eigenvalue weighted by atomic mass is 19.1. The maximum Gasteiger partial charge on any atom is 0.274 e. The molecule has 6 heteroatoms. The van der Waals surface area contributed by atoms with Gasteiger partial charge < -0.3 is 0 Å². The number of hydrogen-bond acceptors (Lipinski definition) is 4. The first-order chi connectivity index (χ1) is 11.5. The third-order valence-corrected chi connectivity index (χ3v) is 3.56. The summed E-state index contributed by atoms with van der Waals surface area (Å²) in [5.41, 5.74) is 3.16. The molecular weight excluding hydrogens is 309 g/mol. The highest BCUT2D eigenvalue weighted by Gasteiger charge is 2.14. The largest absolute Gasteiger partial charge is 0.294 e. The van der Waals surface area contributed by atoms with E-state index in [1.54, 1.807) is 18.5 Å². The maximum atomic E-state index is 14.3. The zero-order chi connectivity index (χ0) is 17.5. The number of nitrogens with zero attached hydrogens (tertiary/aromatic N) is 2. The Hall–Kier alpha value is -2.31. The van der Waals surface area contributed by atoms with Gasteiger partial charge in [0.1, 0.15) is 5.82 Å². The smallest absolute Gasteiger partial charge is 0.274 e. The molecule has 0 atom stereocenters. The van der Waals surface area contributed by atoms with Crippen LogP contribution in [0.1, 0.15) is 35.3 Å². The second-order valence-corrected chi connectivity index (χ2v) is 6.17. The summed E-state index contributed by atoms with van der Waals surface area (Å²) in [5, 5.41) is 8.62. The SMILES string of the molecule is CC(C)CN(Cc1cccnc1)Cc1ccc(C(=O)NO)cc1F. The van der Waals surface area contributed by atoms with Gasteiger partial charge in [-0.1, -0.05) is 26.0 Å². The number of carbonyl (C=O) groups is 1. The summed E-state index contributed by atoms with van der Waals surface area (Å²) < 4.78 is 14.3. The van der Waals surface area contributed by atoms with Crippen molar-refractivity contribution in [3.05, 3.63) is 65.2 Å². The van der Waals surface area contributed by atoms with E-state index in [1.165, 1.54) is 11.5 Å². The standard InChI is InChI=1S/C18H22FN3O2/c1-13(2)10-22(11-14-4-3-7-20-9-14)12-16-6-5-15(8-17(16)19)18(23)21-24/h3-9,13,24H,10-12H2,1-2H3,(H,21,23). The van der Waals surface area contributed by atoms with E-state index in [0.717, 1.165) is 18.2 Å². The van der Waals surface area contributed by atoms with E-state index in [-0.39, 0.29) is 5.56 Å². The molecule has 1 heterocycles. The van der Waals surface area contributed by atoms with Crippen molar-refractivity contribution in [1.82, 2.24) is 15.4 Å². The molecule has 0 bridgehead atoms. The Labute approximate surface area is 141 Å². The maximum absolute atomic E-state index is 14.3. The molecule has 24 heavy (non-hydrogen) atoms. The average molecular weight is 331 g/mol. The van der Waals surface area contributed by atoms with Crippen LogP contribution in [0, 0.1) is 11.7 Å². The van der Waals surface area contributed by atoms with E-state index in [9.17, 15) is 9.18 Å². The molecule has 1 amide bonds. The number of pyridine rings is 1.